The van der Waals surface area contributed by atoms with Crippen molar-refractivity contribution in [3.63, 3.8) is 0 Å². The van der Waals surface area contributed by atoms with Gasteiger partial charge in [0.25, 0.3) is 0 Å². The molecule has 1 aromatic rings. The van der Waals surface area contributed by atoms with Crippen LogP contribution in [0, 0.1) is 12.8 Å². The predicted octanol–water partition coefficient (Wildman–Crippen LogP) is 1.31. The molecule has 2 atom stereocenters. The third-order valence-corrected chi connectivity index (χ3v) is 4.63. The quantitative estimate of drug-likeness (QED) is 0.875. The molecule has 0 saturated carbocycles. The van der Waals surface area contributed by atoms with E-state index in [-0.39, 0.29) is 17.9 Å². The summed E-state index contributed by atoms with van der Waals surface area (Å²) in [5.74, 6) is 1.27. The molecule has 0 bridgehead atoms. The predicted molar refractivity (Wildman–Crippen MR) is 90.2 cm³/mol. The number of nitrogens with zero attached hydrogens (tertiary/aromatic N) is 3. The van der Waals surface area contributed by atoms with E-state index in [9.17, 15) is 4.79 Å². The van der Waals surface area contributed by atoms with Gasteiger partial charge in [-0.2, -0.15) is 4.98 Å². The number of aryl methyl sites for hydroxylation is 1. The van der Waals surface area contributed by atoms with Crippen LogP contribution in [0.15, 0.2) is 6.07 Å². The monoisotopic (exact) mass is 334 g/mol. The van der Waals surface area contributed by atoms with Crippen LogP contribution in [0.2, 0.25) is 0 Å². The average Bonchev–Trinajstić information content (AvgIpc) is 3.12. The fraction of sp³-hybridized carbons (Fsp3) is 0.706. The number of ether oxygens (including phenoxy) is 2. The first-order valence-corrected chi connectivity index (χ1v) is 8.69. The van der Waals surface area contributed by atoms with Gasteiger partial charge >= 0.3 is 0 Å². The summed E-state index contributed by atoms with van der Waals surface area (Å²) in [5.41, 5.74) is 0.863. The van der Waals surface area contributed by atoms with Crippen molar-refractivity contribution in [2.75, 3.05) is 38.3 Å². The minimum Gasteiger partial charge on any atom is -0.481 e. The molecule has 1 N–H and O–H groups in total. The second-order valence-electron chi connectivity index (χ2n) is 6.52. The zero-order chi connectivity index (χ0) is 16.9. The van der Waals surface area contributed by atoms with Crippen LogP contribution >= 0.6 is 0 Å². The Hall–Kier alpha value is -1.89. The number of methoxy groups -OCH3 is 1. The van der Waals surface area contributed by atoms with Crippen LogP contribution in [-0.2, 0) is 9.53 Å². The molecule has 7 heteroatoms. The van der Waals surface area contributed by atoms with E-state index in [0.29, 0.717) is 24.9 Å². The van der Waals surface area contributed by atoms with Crippen LogP contribution < -0.4 is 15.0 Å². The Morgan fingerprint density at radius 3 is 3.04 bits per heavy atom. The highest BCUT2D eigenvalue weighted by molar-refractivity contribution is 5.79. The highest BCUT2D eigenvalue weighted by Gasteiger charge is 2.28. The summed E-state index contributed by atoms with van der Waals surface area (Å²) >= 11 is 0. The second kappa shape index (κ2) is 7.79. The number of carbonyl (C=O) groups is 1. The number of hydrogen-bond acceptors (Lipinski definition) is 6. The van der Waals surface area contributed by atoms with Gasteiger partial charge in [-0.3, -0.25) is 4.79 Å². The molecule has 1 aromatic heterocycles. The molecule has 2 aliphatic rings. The molecular formula is C17H26N4O3. The number of carbonyl (C=O) groups excluding carboxylic acids is 1. The fourth-order valence-corrected chi connectivity index (χ4v) is 3.31. The van der Waals surface area contributed by atoms with E-state index in [0.717, 1.165) is 44.5 Å². The van der Waals surface area contributed by atoms with Gasteiger partial charge in [0.2, 0.25) is 17.7 Å². The average molecular weight is 334 g/mol. The largest absolute Gasteiger partial charge is 0.481 e. The van der Waals surface area contributed by atoms with Crippen molar-refractivity contribution in [1.82, 2.24) is 15.3 Å². The zero-order valence-corrected chi connectivity index (χ0v) is 14.5. The molecule has 132 valence electrons. The molecule has 0 spiro atoms. The third kappa shape index (κ3) is 4.14. The molecule has 0 unspecified atom stereocenters. The van der Waals surface area contributed by atoms with Crippen LogP contribution in [0.4, 0.5) is 5.95 Å². The van der Waals surface area contributed by atoms with Crippen molar-refractivity contribution < 1.29 is 14.3 Å². The maximum atomic E-state index is 12.5. The van der Waals surface area contributed by atoms with E-state index in [2.05, 4.69) is 20.2 Å². The summed E-state index contributed by atoms with van der Waals surface area (Å²) in [4.78, 5) is 23.5. The summed E-state index contributed by atoms with van der Waals surface area (Å²) in [5, 5.41) is 3.04. The number of anilines is 1. The van der Waals surface area contributed by atoms with Crippen LogP contribution in [0.1, 0.15) is 31.4 Å². The first-order valence-electron chi connectivity index (χ1n) is 8.69. The smallest absolute Gasteiger partial charge is 0.228 e. The van der Waals surface area contributed by atoms with E-state index < -0.39 is 0 Å². The Bertz CT molecular complexity index is 575. The zero-order valence-electron chi connectivity index (χ0n) is 14.5. The molecule has 2 fully saturated rings. The molecule has 3 rings (SSSR count). The maximum Gasteiger partial charge on any atom is 0.228 e. The van der Waals surface area contributed by atoms with Crippen molar-refractivity contribution in [3.8, 4) is 5.88 Å². The number of aromatic nitrogens is 2. The highest BCUT2D eigenvalue weighted by Crippen LogP contribution is 2.23. The number of rotatable bonds is 5. The Labute approximate surface area is 142 Å². The number of amides is 1. The normalized spacial score (nSPS) is 24.0. The lowest BCUT2D eigenvalue weighted by Gasteiger charge is -2.32. The van der Waals surface area contributed by atoms with Gasteiger partial charge in [-0.05, 0) is 32.6 Å². The van der Waals surface area contributed by atoms with Gasteiger partial charge in [0.05, 0.1) is 19.1 Å². The molecule has 7 nitrogen and oxygen atoms in total. The molecule has 0 aromatic carbocycles. The molecule has 0 radical (unpaired) electrons. The number of nitrogens with one attached hydrogen (secondary N) is 1. The van der Waals surface area contributed by atoms with Gasteiger partial charge in [0.15, 0.2) is 0 Å². The molecule has 1 amide bonds. The molecule has 3 heterocycles. The molecule has 2 saturated heterocycles. The number of piperidine rings is 1. The van der Waals surface area contributed by atoms with Crippen molar-refractivity contribution in [3.05, 3.63) is 11.8 Å². The van der Waals surface area contributed by atoms with Crippen molar-refractivity contribution in [2.24, 2.45) is 5.92 Å². The van der Waals surface area contributed by atoms with Gasteiger partial charge < -0.3 is 19.7 Å². The third-order valence-electron chi connectivity index (χ3n) is 4.63. The van der Waals surface area contributed by atoms with Gasteiger partial charge in [0.1, 0.15) is 0 Å². The van der Waals surface area contributed by atoms with Crippen molar-refractivity contribution in [1.29, 1.82) is 0 Å². The minimum atomic E-state index is -0.0322. The van der Waals surface area contributed by atoms with Crippen LogP contribution in [0.5, 0.6) is 5.88 Å². The summed E-state index contributed by atoms with van der Waals surface area (Å²) < 4.78 is 10.8. The van der Waals surface area contributed by atoms with Crippen LogP contribution in [-0.4, -0.2) is 55.3 Å². The van der Waals surface area contributed by atoms with Crippen molar-refractivity contribution >= 4 is 11.9 Å². The first kappa shape index (κ1) is 17.0. The second-order valence-corrected chi connectivity index (χ2v) is 6.52. The molecule has 2 aliphatic heterocycles. The Kier molecular flexibility index (Phi) is 5.50. The molecular weight excluding hydrogens is 308 g/mol. The standard InChI is InChI=1S/C17H26N4O3/c1-12-9-15(23-2)20-17(19-12)21-7-3-5-13(11-21)16(22)18-10-14-6-4-8-24-14/h9,13-14H,3-8,10-11H2,1-2H3,(H,18,22)/t13-,14+/m1/s1. The lowest BCUT2D eigenvalue weighted by Crippen LogP contribution is -2.45. The van der Waals surface area contributed by atoms with Gasteiger partial charge in [-0.15, -0.1) is 0 Å². The van der Waals surface area contributed by atoms with Crippen LogP contribution in [0.25, 0.3) is 0 Å². The highest BCUT2D eigenvalue weighted by atomic mass is 16.5. The summed E-state index contributed by atoms with van der Waals surface area (Å²) in [6, 6.07) is 1.80. The lowest BCUT2D eigenvalue weighted by atomic mass is 9.97. The number of hydrogen-bond donors (Lipinski definition) is 1. The minimum absolute atomic E-state index is 0.0322. The van der Waals surface area contributed by atoms with Gasteiger partial charge in [-0.25, -0.2) is 4.98 Å². The fourth-order valence-electron chi connectivity index (χ4n) is 3.31. The summed E-state index contributed by atoms with van der Waals surface area (Å²) in [6.45, 7) is 4.85. The summed E-state index contributed by atoms with van der Waals surface area (Å²) in [6.07, 6.45) is 4.16. The molecule has 24 heavy (non-hydrogen) atoms. The van der Waals surface area contributed by atoms with Crippen LogP contribution in [0.3, 0.4) is 0 Å². The maximum absolute atomic E-state index is 12.5. The topological polar surface area (TPSA) is 76.6 Å². The first-order chi connectivity index (χ1) is 11.7. The molecule has 0 aliphatic carbocycles. The van der Waals surface area contributed by atoms with E-state index in [1.54, 1.807) is 13.2 Å². The van der Waals surface area contributed by atoms with E-state index in [1.165, 1.54) is 0 Å². The Balaban J connectivity index is 1.59. The Morgan fingerprint density at radius 2 is 2.29 bits per heavy atom. The SMILES string of the molecule is COc1cc(C)nc(N2CCC[C@@H](C(=O)NC[C@@H]3CCCO3)C2)n1. The van der Waals surface area contributed by atoms with E-state index in [4.69, 9.17) is 9.47 Å². The van der Waals surface area contributed by atoms with E-state index in [1.807, 2.05) is 6.92 Å². The van der Waals surface area contributed by atoms with Gasteiger partial charge in [-0.1, -0.05) is 0 Å². The summed E-state index contributed by atoms with van der Waals surface area (Å²) in [7, 11) is 1.60. The lowest BCUT2D eigenvalue weighted by molar-refractivity contribution is -0.125. The Morgan fingerprint density at radius 1 is 1.42 bits per heavy atom. The van der Waals surface area contributed by atoms with E-state index >= 15 is 0 Å². The van der Waals surface area contributed by atoms with Gasteiger partial charge in [0, 0.05) is 38.0 Å². The van der Waals surface area contributed by atoms with Crippen molar-refractivity contribution in [2.45, 2.75) is 38.7 Å².